The predicted molar refractivity (Wildman–Crippen MR) is 141 cm³/mol. The Morgan fingerprint density at radius 2 is 1.69 bits per heavy atom. The number of hydrogen-bond donors (Lipinski definition) is 3. The average molecular weight is 562 g/mol. The van der Waals surface area contributed by atoms with Crippen LogP contribution in [0.25, 0.3) is 0 Å². The number of amides is 2. The number of sulfonamides is 1. The molecule has 2 aromatic carbocycles. The first-order valence-corrected chi connectivity index (χ1v) is 13.8. The smallest absolute Gasteiger partial charge is 0.328 e. The fraction of sp³-hybridized carbons (Fsp3) is 0.370. The van der Waals surface area contributed by atoms with Crippen molar-refractivity contribution in [2.24, 2.45) is 5.92 Å². The highest BCUT2D eigenvalue weighted by molar-refractivity contribution is 7.89. The Balaban J connectivity index is 1.97. The number of nitrogens with one attached hydrogen (secondary N) is 3. The minimum absolute atomic E-state index is 0.0519. The molecule has 0 radical (unpaired) electrons. The van der Waals surface area contributed by atoms with E-state index in [-0.39, 0.29) is 24.3 Å². The monoisotopic (exact) mass is 561 g/mol. The van der Waals surface area contributed by atoms with Gasteiger partial charge < -0.3 is 20.1 Å². The number of rotatable bonds is 5. The molecule has 0 saturated heterocycles. The van der Waals surface area contributed by atoms with Crippen molar-refractivity contribution < 1.29 is 36.7 Å². The zero-order valence-corrected chi connectivity index (χ0v) is 22.7. The molecule has 0 unspecified atom stereocenters. The van der Waals surface area contributed by atoms with Gasteiger partial charge >= 0.3 is 5.97 Å². The van der Waals surface area contributed by atoms with Crippen molar-refractivity contribution in [2.45, 2.75) is 49.7 Å². The van der Waals surface area contributed by atoms with Gasteiger partial charge in [0.15, 0.2) is 0 Å². The van der Waals surface area contributed by atoms with Gasteiger partial charge in [-0.1, -0.05) is 38.1 Å². The fourth-order valence-corrected chi connectivity index (χ4v) is 5.06. The van der Waals surface area contributed by atoms with Gasteiger partial charge in [0.05, 0.1) is 12.0 Å². The second-order valence-electron chi connectivity index (χ2n) is 9.31. The molecule has 12 heteroatoms. The first kappa shape index (κ1) is 29.8. The van der Waals surface area contributed by atoms with Crippen LogP contribution in [0, 0.1) is 11.7 Å². The highest BCUT2D eigenvalue weighted by atomic mass is 32.2. The zero-order chi connectivity index (χ0) is 28.6. The molecule has 4 rings (SSSR count). The maximum Gasteiger partial charge on any atom is 0.328 e. The van der Waals surface area contributed by atoms with Crippen molar-refractivity contribution >= 4 is 27.8 Å². The van der Waals surface area contributed by atoms with Crippen LogP contribution in [-0.4, -0.2) is 58.0 Å². The number of esters is 1. The largest absolute Gasteiger partial charge is 0.490 e. The molecule has 2 bridgehead atoms. The Morgan fingerprint density at radius 3 is 2.31 bits per heavy atom. The van der Waals surface area contributed by atoms with E-state index in [0.29, 0.717) is 11.3 Å². The van der Waals surface area contributed by atoms with Gasteiger partial charge in [0.2, 0.25) is 21.8 Å². The number of carbonyl (C=O) groups excluding carboxylic acids is 3. The summed E-state index contributed by atoms with van der Waals surface area (Å²) in [5, 5.41) is 5.24. The molecule has 0 saturated carbocycles. The van der Waals surface area contributed by atoms with Crippen molar-refractivity contribution in [1.29, 1.82) is 0 Å². The van der Waals surface area contributed by atoms with Gasteiger partial charge in [-0.05, 0) is 60.7 Å². The van der Waals surface area contributed by atoms with Gasteiger partial charge in [-0.2, -0.15) is 4.72 Å². The normalized spacial score (nSPS) is 21.8. The summed E-state index contributed by atoms with van der Waals surface area (Å²) >= 11 is 0. The molecular weight excluding hydrogens is 529 g/mol. The molecule has 2 aliphatic rings. The van der Waals surface area contributed by atoms with Crippen LogP contribution in [0.5, 0.6) is 5.75 Å². The first-order valence-electron chi connectivity index (χ1n) is 12.3. The number of methoxy groups -OCH3 is 1. The van der Waals surface area contributed by atoms with E-state index in [0.717, 1.165) is 24.3 Å². The van der Waals surface area contributed by atoms with Gasteiger partial charge in [0.25, 0.3) is 0 Å². The highest BCUT2D eigenvalue weighted by Crippen LogP contribution is 2.17. The van der Waals surface area contributed by atoms with E-state index >= 15 is 0 Å². The molecule has 0 fully saturated rings. The van der Waals surface area contributed by atoms with Gasteiger partial charge in [-0.15, -0.1) is 0 Å². The molecule has 210 valence electrons. The minimum atomic E-state index is -4.24. The van der Waals surface area contributed by atoms with Crippen LogP contribution in [-0.2, 0) is 35.6 Å². The topological polar surface area (TPSA) is 140 Å². The number of hydrogen-bond acceptors (Lipinski definition) is 7. The quantitative estimate of drug-likeness (QED) is 0.374. The van der Waals surface area contributed by atoms with Crippen LogP contribution >= 0.6 is 0 Å². The highest BCUT2D eigenvalue weighted by Gasteiger charge is 2.33. The third kappa shape index (κ3) is 8.36. The third-order valence-electron chi connectivity index (χ3n) is 6.03. The van der Waals surface area contributed by atoms with Gasteiger partial charge in [0, 0.05) is 0 Å². The summed E-state index contributed by atoms with van der Waals surface area (Å²) in [6, 6.07) is 7.51. The van der Waals surface area contributed by atoms with Crippen molar-refractivity contribution in [1.82, 2.24) is 15.4 Å². The molecular formula is C27H32FN3O7S. The molecule has 0 aromatic heterocycles. The Morgan fingerprint density at radius 1 is 1.03 bits per heavy atom. The van der Waals surface area contributed by atoms with Crippen molar-refractivity contribution in [3.8, 4) is 5.75 Å². The van der Waals surface area contributed by atoms with Gasteiger partial charge in [-0.25, -0.2) is 17.6 Å². The lowest BCUT2D eigenvalue weighted by molar-refractivity contribution is -0.145. The lowest BCUT2D eigenvalue weighted by Gasteiger charge is -2.26. The lowest BCUT2D eigenvalue weighted by Crippen LogP contribution is -2.57. The zero-order valence-electron chi connectivity index (χ0n) is 21.8. The summed E-state index contributed by atoms with van der Waals surface area (Å²) in [5.41, 5.74) is 0.625. The van der Waals surface area contributed by atoms with Crippen LogP contribution in [0.15, 0.2) is 65.6 Å². The Hall–Kier alpha value is -3.77. The molecule has 2 amide bonds. The molecule has 3 N–H and O–H groups in total. The third-order valence-corrected chi connectivity index (χ3v) is 7.52. The van der Waals surface area contributed by atoms with Crippen LogP contribution in [0.3, 0.4) is 0 Å². The molecule has 0 spiro atoms. The van der Waals surface area contributed by atoms with E-state index in [1.807, 2.05) is 0 Å². The summed E-state index contributed by atoms with van der Waals surface area (Å²) in [6.07, 6.45) is 3.46. The second kappa shape index (κ2) is 13.3. The Labute approximate surface area is 227 Å². The predicted octanol–water partition coefficient (Wildman–Crippen LogP) is 1.85. The first-order chi connectivity index (χ1) is 18.5. The summed E-state index contributed by atoms with van der Waals surface area (Å²) < 4.78 is 52.4. The van der Waals surface area contributed by atoms with Crippen molar-refractivity contribution in [2.75, 3.05) is 13.7 Å². The molecule has 2 aliphatic heterocycles. The van der Waals surface area contributed by atoms with E-state index in [2.05, 4.69) is 15.4 Å². The van der Waals surface area contributed by atoms with E-state index in [1.165, 1.54) is 7.11 Å². The van der Waals surface area contributed by atoms with E-state index in [1.54, 1.807) is 50.3 Å². The molecule has 10 nitrogen and oxygen atoms in total. The molecule has 3 atom stereocenters. The minimum Gasteiger partial charge on any atom is -0.490 e. The van der Waals surface area contributed by atoms with E-state index < -0.39 is 57.7 Å². The van der Waals surface area contributed by atoms with Crippen LogP contribution in [0.2, 0.25) is 0 Å². The van der Waals surface area contributed by atoms with Crippen molar-refractivity contribution in [3.63, 3.8) is 0 Å². The number of ether oxygens (including phenoxy) is 2. The number of carbonyl (C=O) groups is 3. The summed E-state index contributed by atoms with van der Waals surface area (Å²) in [7, 11) is -3.03. The average Bonchev–Trinajstić information content (AvgIpc) is 2.90. The molecule has 39 heavy (non-hydrogen) atoms. The number of halogens is 1. The van der Waals surface area contributed by atoms with E-state index in [4.69, 9.17) is 9.47 Å². The van der Waals surface area contributed by atoms with Crippen molar-refractivity contribution in [3.05, 3.63) is 72.1 Å². The summed E-state index contributed by atoms with van der Waals surface area (Å²) in [4.78, 5) is 38.7. The van der Waals surface area contributed by atoms with Gasteiger partial charge in [0.1, 0.15) is 36.3 Å². The van der Waals surface area contributed by atoms with Crippen LogP contribution < -0.4 is 20.1 Å². The molecule has 2 aromatic rings. The standard InChI is InChI=1S/C27H32FN3O7S/c1-17(2)24-26(33)29-22(27(34)37-3)6-4-5-15-38-20-11-7-18(8-12-20)16-23(25(32)30-24)31-39(35,36)21-13-9-19(28)10-14-21/h4-5,7-14,17,22-24,31H,6,15-16H2,1-3H3,(H,29,33)(H,30,32)/b5-4-/t22-,23-,24-/m0/s1. The fourth-order valence-electron chi connectivity index (χ4n) is 3.87. The number of benzene rings is 2. The Kier molecular flexibility index (Phi) is 10.2. The lowest BCUT2D eigenvalue weighted by atomic mass is 10.0. The Bertz CT molecular complexity index is 1300. The maximum absolute atomic E-state index is 13.5. The second-order valence-corrected chi connectivity index (χ2v) is 11.0. The summed E-state index contributed by atoms with van der Waals surface area (Å²) in [5.74, 6) is -2.53. The van der Waals surface area contributed by atoms with E-state index in [9.17, 15) is 27.2 Å². The maximum atomic E-state index is 13.5. The SMILES string of the molecule is COC(=O)[C@@H]1C/C=C\COc2ccc(cc2)C[C@H](NS(=O)(=O)c2ccc(F)cc2)C(=O)N[C@@H](C(C)C)C(=O)N1. The van der Waals surface area contributed by atoms with Crippen LogP contribution in [0.4, 0.5) is 4.39 Å². The van der Waals surface area contributed by atoms with Crippen LogP contribution in [0.1, 0.15) is 25.8 Å². The van der Waals surface area contributed by atoms with Gasteiger partial charge in [-0.3, -0.25) is 9.59 Å². The molecule has 2 heterocycles. The number of fused-ring (bicyclic) bond motifs is 13. The summed E-state index contributed by atoms with van der Waals surface area (Å²) in [6.45, 7) is 3.61. The molecule has 0 aliphatic carbocycles.